The van der Waals surface area contributed by atoms with E-state index >= 15 is 0 Å². The summed E-state index contributed by atoms with van der Waals surface area (Å²) in [6.45, 7) is 0. The van der Waals surface area contributed by atoms with E-state index in [4.69, 9.17) is 104 Å². The summed E-state index contributed by atoms with van der Waals surface area (Å²) >= 11 is 49.7. The topological polar surface area (TPSA) is 0 Å². The van der Waals surface area contributed by atoms with Crippen molar-refractivity contribution < 1.29 is 0 Å². The van der Waals surface area contributed by atoms with Crippen LogP contribution in [0.25, 0.3) is 0 Å². The highest BCUT2D eigenvalue weighted by atomic mass is 35.6. The molecule has 0 aromatic carbocycles. The molecule has 9 heteroatoms. The zero-order chi connectivity index (χ0) is 11.1. The largest absolute Gasteiger partial charge is 0.216 e. The lowest BCUT2D eigenvalue weighted by Gasteiger charge is -2.39. The quantitative estimate of drug-likeness (QED) is 0.536. The van der Waals surface area contributed by atoms with E-state index in [2.05, 4.69) is 0 Å². The monoisotopic (exact) mass is 364 g/mol. The Morgan fingerprint density at radius 1 is 0.615 bits per heavy atom. The number of halogens is 9. The van der Waals surface area contributed by atoms with Crippen molar-refractivity contribution >= 4 is 104 Å². The van der Waals surface area contributed by atoms with Crippen molar-refractivity contribution in [2.45, 2.75) is 17.3 Å². The molecule has 0 saturated heterocycles. The first-order chi connectivity index (χ1) is 5.44. The molecule has 0 heterocycles. The second-order valence-corrected chi connectivity index (χ2v) is 8.26. The minimum absolute atomic E-state index is 1.37. The summed E-state index contributed by atoms with van der Waals surface area (Å²) in [5.74, 6) is 0. The lowest BCUT2D eigenvalue weighted by Crippen LogP contribution is -2.53. The summed E-state index contributed by atoms with van der Waals surface area (Å²) in [5, 5.41) is 0. The average Bonchev–Trinajstić information content (AvgIpc) is 1.80. The van der Waals surface area contributed by atoms with Crippen LogP contribution in [0.15, 0.2) is 0 Å². The van der Waals surface area contributed by atoms with E-state index in [1.807, 2.05) is 0 Å². The lowest BCUT2D eigenvalue weighted by atomic mass is 10.2. The van der Waals surface area contributed by atoms with Gasteiger partial charge < -0.3 is 0 Å². The first-order valence-corrected chi connectivity index (χ1v) is 6.07. The molecule has 0 fully saturated rings. The van der Waals surface area contributed by atoms with Gasteiger partial charge in [0.1, 0.15) is 4.84 Å². The Morgan fingerprint density at radius 3 is 0.846 bits per heavy atom. The van der Waals surface area contributed by atoms with Gasteiger partial charge in [-0.25, -0.2) is 0 Å². The number of hydrogen-bond acceptors (Lipinski definition) is 0. The van der Waals surface area contributed by atoms with E-state index in [0.29, 0.717) is 0 Å². The SMILES string of the molecule is ClC(Cl)C(Cl)(C(Cl)(Cl)Cl)C(Cl)(Cl)Cl. The van der Waals surface area contributed by atoms with Gasteiger partial charge in [-0.3, -0.25) is 0 Å². The Kier molecular flexibility index (Phi) is 5.83. The van der Waals surface area contributed by atoms with Crippen LogP contribution >= 0.6 is 104 Å². The van der Waals surface area contributed by atoms with Crippen molar-refractivity contribution in [2.75, 3.05) is 0 Å². The third-order valence-corrected chi connectivity index (χ3v) is 5.16. The predicted octanol–water partition coefficient (Wildman–Crippen LogP) is 5.51. The summed E-state index contributed by atoms with van der Waals surface area (Å²) in [5.41, 5.74) is 0. The molecule has 0 aliphatic carbocycles. The van der Waals surface area contributed by atoms with Gasteiger partial charge in [-0.15, -0.1) is 34.8 Å². The molecular formula is C4HCl9. The standard InChI is InChI=1S/C4HCl9/c5-1(6)2(7,3(8,9)10)4(11,12)13/h1H. The van der Waals surface area contributed by atoms with Crippen molar-refractivity contribution in [3.05, 3.63) is 0 Å². The summed E-state index contributed by atoms with van der Waals surface area (Å²) in [6, 6.07) is 0. The van der Waals surface area contributed by atoms with E-state index in [1.54, 1.807) is 0 Å². The predicted molar refractivity (Wildman–Crippen MR) is 64.7 cm³/mol. The van der Waals surface area contributed by atoms with Gasteiger partial charge in [-0.2, -0.15) is 0 Å². The maximum absolute atomic E-state index is 5.77. The zero-order valence-electron chi connectivity index (χ0n) is 5.48. The van der Waals surface area contributed by atoms with Gasteiger partial charge in [0.25, 0.3) is 0 Å². The third-order valence-electron chi connectivity index (χ3n) is 1.13. The van der Waals surface area contributed by atoms with E-state index in [0.717, 1.165) is 0 Å². The summed E-state index contributed by atoms with van der Waals surface area (Å²) < 4.78 is -4.23. The number of rotatable bonds is 1. The molecule has 0 aromatic heterocycles. The fourth-order valence-corrected chi connectivity index (χ4v) is 3.67. The van der Waals surface area contributed by atoms with Crippen LogP contribution in [0.5, 0.6) is 0 Å². The van der Waals surface area contributed by atoms with Crippen LogP contribution in [0, 0.1) is 0 Å². The Labute approximate surface area is 121 Å². The van der Waals surface area contributed by atoms with Gasteiger partial charge >= 0.3 is 0 Å². The Bertz CT molecular complexity index is 159. The van der Waals surface area contributed by atoms with Crippen molar-refractivity contribution in [1.29, 1.82) is 0 Å². The highest BCUT2D eigenvalue weighted by molar-refractivity contribution is 6.79. The normalized spacial score (nSPS) is 15.2. The number of alkyl halides is 9. The van der Waals surface area contributed by atoms with Crippen molar-refractivity contribution in [3.63, 3.8) is 0 Å². The van der Waals surface area contributed by atoms with E-state index in [1.165, 1.54) is 0 Å². The molecule has 0 radical (unpaired) electrons. The average molecular weight is 368 g/mol. The lowest BCUT2D eigenvalue weighted by molar-refractivity contribution is 0.639. The fourth-order valence-electron chi connectivity index (χ4n) is 0.408. The molecule has 13 heavy (non-hydrogen) atoms. The molecule has 0 spiro atoms. The van der Waals surface area contributed by atoms with E-state index in [-0.39, 0.29) is 0 Å². The minimum Gasteiger partial charge on any atom is -0.107 e. The van der Waals surface area contributed by atoms with Crippen molar-refractivity contribution in [2.24, 2.45) is 0 Å². The van der Waals surface area contributed by atoms with Gasteiger partial charge in [0.2, 0.25) is 7.59 Å². The summed E-state index contributed by atoms with van der Waals surface area (Å²) in [6.07, 6.45) is 0. The number of hydrogen-bond donors (Lipinski definition) is 0. The van der Waals surface area contributed by atoms with E-state index < -0.39 is 17.3 Å². The maximum atomic E-state index is 5.77. The van der Waals surface area contributed by atoms with E-state index in [9.17, 15) is 0 Å². The smallest absolute Gasteiger partial charge is 0.107 e. The van der Waals surface area contributed by atoms with Crippen LogP contribution in [0.2, 0.25) is 0 Å². The molecular weight excluding hydrogens is 367 g/mol. The third kappa shape index (κ3) is 3.28. The van der Waals surface area contributed by atoms with Crippen LogP contribution in [0.3, 0.4) is 0 Å². The molecule has 0 aromatic rings. The molecule has 0 nitrogen and oxygen atoms in total. The van der Waals surface area contributed by atoms with Gasteiger partial charge in [0.15, 0.2) is 4.87 Å². The van der Waals surface area contributed by atoms with Gasteiger partial charge in [-0.05, 0) is 0 Å². The second kappa shape index (κ2) is 4.85. The zero-order valence-corrected chi connectivity index (χ0v) is 12.3. The molecule has 0 rings (SSSR count). The Hall–Kier alpha value is 2.61. The summed E-state index contributed by atoms with van der Waals surface area (Å²) in [4.78, 5) is -3.40. The molecule has 0 saturated carbocycles. The molecule has 0 amide bonds. The fraction of sp³-hybridized carbons (Fsp3) is 1.00. The van der Waals surface area contributed by atoms with Crippen LogP contribution in [-0.2, 0) is 0 Å². The maximum Gasteiger partial charge on any atom is 0.216 e. The minimum atomic E-state index is -2.12. The molecule has 0 unspecified atom stereocenters. The Morgan fingerprint density at radius 2 is 0.846 bits per heavy atom. The molecule has 0 aliphatic rings. The molecule has 0 atom stereocenters. The Balaban J connectivity index is 5.22. The highest BCUT2D eigenvalue weighted by Crippen LogP contribution is 2.59. The van der Waals surface area contributed by atoms with Crippen molar-refractivity contribution in [1.82, 2.24) is 0 Å². The van der Waals surface area contributed by atoms with Gasteiger partial charge in [0.05, 0.1) is 0 Å². The van der Waals surface area contributed by atoms with Gasteiger partial charge in [0, 0.05) is 0 Å². The first kappa shape index (κ1) is 15.6. The van der Waals surface area contributed by atoms with Crippen LogP contribution in [0.4, 0.5) is 0 Å². The molecule has 0 bridgehead atoms. The van der Waals surface area contributed by atoms with Crippen LogP contribution in [0.1, 0.15) is 0 Å². The van der Waals surface area contributed by atoms with Crippen LogP contribution < -0.4 is 0 Å². The van der Waals surface area contributed by atoms with Gasteiger partial charge in [-0.1, -0.05) is 69.6 Å². The molecule has 0 aliphatic heterocycles. The molecule has 0 N–H and O–H groups in total. The molecule has 80 valence electrons. The van der Waals surface area contributed by atoms with Crippen LogP contribution in [-0.4, -0.2) is 17.3 Å². The summed E-state index contributed by atoms with van der Waals surface area (Å²) in [7, 11) is 0. The van der Waals surface area contributed by atoms with Crippen molar-refractivity contribution in [3.8, 4) is 0 Å². The first-order valence-electron chi connectivity index (χ1n) is 2.55. The highest BCUT2D eigenvalue weighted by Gasteiger charge is 2.64. The second-order valence-electron chi connectivity index (χ2n) is 2.01.